The number of rotatable bonds is 3. The van der Waals surface area contributed by atoms with Gasteiger partial charge in [0, 0.05) is 17.0 Å². The van der Waals surface area contributed by atoms with Crippen LogP contribution in [0.15, 0.2) is 24.4 Å². The van der Waals surface area contributed by atoms with Gasteiger partial charge in [-0.1, -0.05) is 18.9 Å². The van der Waals surface area contributed by atoms with Gasteiger partial charge in [-0.3, -0.25) is 14.7 Å². The van der Waals surface area contributed by atoms with E-state index in [4.69, 9.17) is 0 Å². The first-order valence-electron chi connectivity index (χ1n) is 7.12. The number of carboxylic acids is 1. The number of aromatic nitrogens is 2. The second-order valence-electron chi connectivity index (χ2n) is 5.48. The molecule has 1 fully saturated rings. The van der Waals surface area contributed by atoms with Crippen LogP contribution in [0.3, 0.4) is 0 Å². The second-order valence-corrected chi connectivity index (χ2v) is 5.48. The summed E-state index contributed by atoms with van der Waals surface area (Å²) in [5.74, 6) is -1.55. The quantitative estimate of drug-likeness (QED) is 0.804. The van der Waals surface area contributed by atoms with Crippen molar-refractivity contribution < 1.29 is 14.7 Å². The number of carbonyl (C=O) groups is 2. The minimum Gasteiger partial charge on any atom is -0.481 e. The molecule has 3 N–H and O–H groups in total. The number of aliphatic carboxylic acids is 1. The topological polar surface area (TPSA) is 95.1 Å². The van der Waals surface area contributed by atoms with Gasteiger partial charge in [0.15, 0.2) is 0 Å². The maximum Gasteiger partial charge on any atom is 0.308 e. The lowest BCUT2D eigenvalue weighted by atomic mass is 9.84. The van der Waals surface area contributed by atoms with Gasteiger partial charge in [-0.25, -0.2) is 0 Å². The van der Waals surface area contributed by atoms with Crippen LogP contribution in [0.5, 0.6) is 0 Å². The molecule has 0 aliphatic heterocycles. The van der Waals surface area contributed by atoms with Crippen LogP contribution in [0, 0.1) is 5.92 Å². The van der Waals surface area contributed by atoms with Gasteiger partial charge in [0.1, 0.15) is 0 Å². The van der Waals surface area contributed by atoms with Gasteiger partial charge in [0.2, 0.25) is 0 Å². The van der Waals surface area contributed by atoms with E-state index in [9.17, 15) is 14.7 Å². The van der Waals surface area contributed by atoms with E-state index in [1.807, 2.05) is 6.07 Å². The number of hydrogen-bond donors (Lipinski definition) is 3. The number of carboxylic acid groups (broad SMARTS) is 1. The number of hydrogen-bond acceptors (Lipinski definition) is 3. The van der Waals surface area contributed by atoms with Crippen molar-refractivity contribution in [2.24, 2.45) is 5.92 Å². The van der Waals surface area contributed by atoms with Gasteiger partial charge in [-0.2, -0.15) is 5.10 Å². The molecule has 1 aliphatic rings. The van der Waals surface area contributed by atoms with E-state index >= 15 is 0 Å². The molecule has 0 spiro atoms. The largest absolute Gasteiger partial charge is 0.481 e. The minimum absolute atomic E-state index is 0.232. The fourth-order valence-corrected chi connectivity index (χ4v) is 2.93. The predicted molar refractivity (Wildman–Crippen MR) is 76.9 cm³/mol. The Morgan fingerprint density at radius 2 is 2.10 bits per heavy atom. The molecule has 3 rings (SSSR count). The maximum absolute atomic E-state index is 12.3. The molecule has 1 aromatic carbocycles. The average Bonchev–Trinajstić information content (AvgIpc) is 2.94. The summed E-state index contributed by atoms with van der Waals surface area (Å²) in [7, 11) is 0. The van der Waals surface area contributed by atoms with Crippen LogP contribution >= 0.6 is 0 Å². The Kier molecular flexibility index (Phi) is 3.60. The summed E-state index contributed by atoms with van der Waals surface area (Å²) in [6, 6.07) is 4.99. The molecule has 2 atom stereocenters. The Morgan fingerprint density at radius 3 is 2.90 bits per heavy atom. The summed E-state index contributed by atoms with van der Waals surface area (Å²) in [6.07, 6.45) is 4.89. The Balaban J connectivity index is 1.76. The first-order valence-corrected chi connectivity index (χ1v) is 7.12. The average molecular weight is 287 g/mol. The van der Waals surface area contributed by atoms with E-state index < -0.39 is 11.9 Å². The third kappa shape index (κ3) is 2.74. The molecule has 2 unspecified atom stereocenters. The van der Waals surface area contributed by atoms with E-state index in [-0.39, 0.29) is 11.9 Å². The zero-order valence-corrected chi connectivity index (χ0v) is 11.5. The molecule has 1 saturated carbocycles. The molecule has 2 aromatic rings. The standard InChI is InChI=1S/C15H17N3O3/c19-14(9-5-6-10-8-16-18-13(10)7-9)17-12-4-2-1-3-11(12)15(20)21/h5-8,11-12H,1-4H2,(H,16,18)(H,17,19)(H,20,21). The smallest absolute Gasteiger partial charge is 0.308 e. The van der Waals surface area contributed by atoms with Crippen molar-refractivity contribution in [1.29, 1.82) is 0 Å². The fourth-order valence-electron chi connectivity index (χ4n) is 2.93. The first kappa shape index (κ1) is 13.6. The van der Waals surface area contributed by atoms with Crippen molar-refractivity contribution in [3.63, 3.8) is 0 Å². The van der Waals surface area contributed by atoms with E-state index in [1.54, 1.807) is 18.3 Å². The maximum atomic E-state index is 12.3. The van der Waals surface area contributed by atoms with Crippen LogP contribution < -0.4 is 5.32 Å². The Morgan fingerprint density at radius 1 is 1.29 bits per heavy atom. The SMILES string of the molecule is O=C(NC1CCCCC1C(=O)O)c1ccc2cn[nH]c2c1. The molecule has 6 heteroatoms. The summed E-state index contributed by atoms with van der Waals surface area (Å²) in [5, 5.41) is 19.8. The van der Waals surface area contributed by atoms with E-state index in [0.717, 1.165) is 30.2 Å². The van der Waals surface area contributed by atoms with Crippen molar-refractivity contribution >= 4 is 22.8 Å². The van der Waals surface area contributed by atoms with Crippen molar-refractivity contribution in [3.05, 3.63) is 30.0 Å². The van der Waals surface area contributed by atoms with Crippen molar-refractivity contribution in [3.8, 4) is 0 Å². The molecule has 1 amide bonds. The highest BCUT2D eigenvalue weighted by molar-refractivity contribution is 5.98. The highest BCUT2D eigenvalue weighted by atomic mass is 16.4. The number of carbonyl (C=O) groups excluding carboxylic acids is 1. The molecule has 21 heavy (non-hydrogen) atoms. The molecule has 0 saturated heterocycles. The summed E-state index contributed by atoms with van der Waals surface area (Å²) in [4.78, 5) is 23.6. The number of fused-ring (bicyclic) bond motifs is 1. The van der Waals surface area contributed by atoms with Gasteiger partial charge < -0.3 is 10.4 Å². The van der Waals surface area contributed by atoms with E-state index in [1.165, 1.54) is 0 Å². The number of nitrogens with one attached hydrogen (secondary N) is 2. The zero-order chi connectivity index (χ0) is 14.8. The number of benzene rings is 1. The Hall–Kier alpha value is -2.37. The van der Waals surface area contributed by atoms with Crippen LogP contribution in [-0.2, 0) is 4.79 Å². The lowest BCUT2D eigenvalue weighted by molar-refractivity contribution is -0.143. The van der Waals surface area contributed by atoms with Gasteiger partial charge >= 0.3 is 5.97 Å². The summed E-state index contributed by atoms with van der Waals surface area (Å²) in [6.45, 7) is 0. The summed E-state index contributed by atoms with van der Waals surface area (Å²) >= 11 is 0. The van der Waals surface area contributed by atoms with Crippen molar-refractivity contribution in [2.45, 2.75) is 31.7 Å². The van der Waals surface area contributed by atoms with E-state index in [0.29, 0.717) is 12.0 Å². The van der Waals surface area contributed by atoms with E-state index in [2.05, 4.69) is 15.5 Å². The number of H-pyrrole nitrogens is 1. The number of amides is 1. The van der Waals surface area contributed by atoms with Crippen LogP contribution in [0.25, 0.3) is 10.9 Å². The predicted octanol–water partition coefficient (Wildman–Crippen LogP) is 1.94. The first-order chi connectivity index (χ1) is 10.1. The van der Waals surface area contributed by atoms with Crippen LogP contribution in [0.1, 0.15) is 36.0 Å². The zero-order valence-electron chi connectivity index (χ0n) is 11.5. The highest BCUT2D eigenvalue weighted by Crippen LogP contribution is 2.25. The van der Waals surface area contributed by atoms with Crippen LogP contribution in [0.4, 0.5) is 0 Å². The third-order valence-electron chi connectivity index (χ3n) is 4.10. The molecule has 6 nitrogen and oxygen atoms in total. The van der Waals surface area contributed by atoms with Crippen LogP contribution in [0.2, 0.25) is 0 Å². The van der Waals surface area contributed by atoms with Crippen molar-refractivity contribution in [2.75, 3.05) is 0 Å². The van der Waals surface area contributed by atoms with Crippen LogP contribution in [-0.4, -0.2) is 33.2 Å². The summed E-state index contributed by atoms with van der Waals surface area (Å²) < 4.78 is 0. The molecule has 0 radical (unpaired) electrons. The summed E-state index contributed by atoms with van der Waals surface area (Å²) in [5.41, 5.74) is 1.31. The molecule has 110 valence electrons. The fraction of sp³-hybridized carbons (Fsp3) is 0.400. The lowest BCUT2D eigenvalue weighted by Crippen LogP contribution is -2.45. The molecule has 1 heterocycles. The Labute approximate surface area is 121 Å². The monoisotopic (exact) mass is 287 g/mol. The molecular weight excluding hydrogens is 270 g/mol. The highest BCUT2D eigenvalue weighted by Gasteiger charge is 2.31. The second kappa shape index (κ2) is 5.55. The normalized spacial score (nSPS) is 22.1. The molecule has 0 bridgehead atoms. The van der Waals surface area contributed by atoms with Gasteiger partial charge in [-0.15, -0.1) is 0 Å². The molecule has 1 aromatic heterocycles. The van der Waals surface area contributed by atoms with Gasteiger partial charge in [0.25, 0.3) is 5.91 Å². The van der Waals surface area contributed by atoms with Crippen molar-refractivity contribution in [1.82, 2.24) is 15.5 Å². The van der Waals surface area contributed by atoms with Gasteiger partial charge in [0.05, 0.1) is 17.6 Å². The number of aromatic amines is 1. The lowest BCUT2D eigenvalue weighted by Gasteiger charge is -2.29. The number of nitrogens with zero attached hydrogens (tertiary/aromatic N) is 1. The van der Waals surface area contributed by atoms with Gasteiger partial charge in [-0.05, 0) is 25.0 Å². The molecular formula is C15H17N3O3. The molecule has 1 aliphatic carbocycles. The Bertz CT molecular complexity index is 680. The minimum atomic E-state index is -0.830. The third-order valence-corrected chi connectivity index (χ3v) is 4.10.